The molecule has 10 aliphatic heterocycles. The summed E-state index contributed by atoms with van der Waals surface area (Å²) in [4.78, 5) is 106. The lowest BCUT2D eigenvalue weighted by molar-refractivity contribution is -0.245. The maximum Gasteiger partial charge on any atom is 0.344 e. The molecule has 0 amide bonds. The summed E-state index contributed by atoms with van der Waals surface area (Å²) in [5, 5.41) is 28.7. The number of methoxy groups -OCH3 is 6. The number of carbonyl (C=O) groups is 6. The number of ether oxygens (including phenoxy) is 8. The van der Waals surface area contributed by atoms with E-state index < -0.39 is 139 Å². The molecule has 28 heteroatoms. The average Bonchev–Trinajstić information content (AvgIpc) is 1.48. The minimum Gasteiger partial charge on any atom is -0.496 e. The quantitative estimate of drug-likeness (QED) is 0.0322. The number of aliphatic hydroxyl groups is 2. The highest BCUT2D eigenvalue weighted by molar-refractivity contribution is 5.98. The molecule has 6 fully saturated rings. The molecule has 662 valence electrons. The van der Waals surface area contributed by atoms with Crippen LogP contribution in [-0.2, 0) is 98.4 Å². The molecule has 24 nitrogen and oxygen atoms in total. The number of likely N-dealkylation sites (N-methyl/N-ethyl adjacent to an activating group) is 2. The molecule has 4 N–H and O–H groups in total. The van der Waals surface area contributed by atoms with Crippen molar-refractivity contribution in [2.24, 2.45) is 34.5 Å². The van der Waals surface area contributed by atoms with Crippen LogP contribution in [0.25, 0.3) is 21.8 Å². The Morgan fingerprint density at radius 1 is 0.537 bits per heavy atom. The first-order chi connectivity index (χ1) is 58.2. The van der Waals surface area contributed by atoms with E-state index in [0.29, 0.717) is 123 Å². The largest absolute Gasteiger partial charge is 0.496 e. The number of piperidine rings is 2. The number of rotatable bonds is 15. The van der Waals surface area contributed by atoms with Crippen molar-refractivity contribution >= 4 is 69.0 Å². The van der Waals surface area contributed by atoms with E-state index in [1.165, 1.54) is 42.3 Å². The molecule has 4 bridgehead atoms. The van der Waals surface area contributed by atoms with Gasteiger partial charge in [0.25, 0.3) is 0 Å². The number of alkyl halides is 4. The maximum atomic E-state index is 15.5. The summed E-state index contributed by atoms with van der Waals surface area (Å²) in [5.41, 5.74) is -3.25. The van der Waals surface area contributed by atoms with Crippen molar-refractivity contribution < 1.29 is 94.4 Å². The van der Waals surface area contributed by atoms with E-state index in [0.717, 1.165) is 75.5 Å². The molecule has 4 saturated heterocycles. The topological polar surface area (TPSA) is 268 Å². The van der Waals surface area contributed by atoms with Crippen molar-refractivity contribution in [2.45, 2.75) is 220 Å². The predicted molar refractivity (Wildman–Crippen MR) is 452 cm³/mol. The summed E-state index contributed by atoms with van der Waals surface area (Å²) in [6.45, 7) is 21.4. The first-order valence-corrected chi connectivity index (χ1v) is 43.6. The SMILES string of the molecule is CC[C@]12C=CCN3CC[C@@]4(c5cc([C@@]6(C(=O)OC)C[C@H]7CC(C(C)(F)F)CN(Cc8c6[nH]c6ccc(C)cc86)C7)c(OC)cc5N(C)[C@H]4[C@@](O)(C(=O)OC)[C@@H]1OC(C)=O)[C@@]32C.CCc1ccc2[nH]c3c(c2c1)CN1CC(C(C)(F)F)C[C@@H](C1)C[C@]3(C(=O)OC)c1cc2c(cc1OC)N(C)[C@H]1[C@@](O)(C(=O)OC)[C@H](OC(C)=O)[C@]3(CC)C=CCN4CC[C@]21[C@@]43C. The number of carbonyl (C=O) groups excluding carboxylic acids is 6. The van der Waals surface area contributed by atoms with Gasteiger partial charge in [0.05, 0.1) is 54.7 Å². The Morgan fingerprint density at radius 2 is 0.935 bits per heavy atom. The molecule has 2 aromatic heterocycles. The second-order valence-corrected chi connectivity index (χ2v) is 38.2. The number of aromatic amines is 2. The molecule has 4 aromatic carbocycles. The van der Waals surface area contributed by atoms with Crippen LogP contribution in [0, 0.1) is 41.4 Å². The van der Waals surface area contributed by atoms with E-state index in [2.05, 4.69) is 68.5 Å². The van der Waals surface area contributed by atoms with Gasteiger partial charge in [0, 0.05) is 206 Å². The zero-order chi connectivity index (χ0) is 88.3. The first-order valence-electron chi connectivity index (χ1n) is 43.6. The number of hydrogen-bond acceptors (Lipinski definition) is 22. The molecular weight excluding hydrogens is 1590 g/mol. The molecule has 2 aliphatic carbocycles. The highest BCUT2D eigenvalue weighted by Gasteiger charge is 2.87. The fourth-order valence-corrected chi connectivity index (χ4v) is 28.1. The average molecular weight is 1700 g/mol. The monoisotopic (exact) mass is 1700 g/mol. The third-order valence-electron chi connectivity index (χ3n) is 33.1. The van der Waals surface area contributed by atoms with Gasteiger partial charge in [-0.1, -0.05) is 62.8 Å². The number of esters is 6. The van der Waals surface area contributed by atoms with Gasteiger partial charge in [-0.2, -0.15) is 0 Å². The Kier molecular flexibility index (Phi) is 20.5. The van der Waals surface area contributed by atoms with E-state index in [9.17, 15) is 29.4 Å². The molecule has 18 rings (SSSR count). The van der Waals surface area contributed by atoms with Gasteiger partial charge in [-0.25, -0.2) is 27.2 Å². The van der Waals surface area contributed by atoms with E-state index in [4.69, 9.17) is 37.9 Å². The zero-order valence-electron chi connectivity index (χ0n) is 73.9. The van der Waals surface area contributed by atoms with Crippen molar-refractivity contribution in [1.29, 1.82) is 0 Å². The highest BCUT2D eigenvalue weighted by Crippen LogP contribution is 2.76. The number of fused-ring (bicyclic) bond motifs is 12. The van der Waals surface area contributed by atoms with Gasteiger partial charge in [0.15, 0.2) is 12.2 Å². The zero-order valence-corrected chi connectivity index (χ0v) is 73.9. The summed E-state index contributed by atoms with van der Waals surface area (Å²) < 4.78 is 110. The van der Waals surface area contributed by atoms with Gasteiger partial charge in [0.1, 0.15) is 22.3 Å². The Labute approximate surface area is 715 Å². The molecule has 4 unspecified atom stereocenters. The summed E-state index contributed by atoms with van der Waals surface area (Å²) >= 11 is 0. The van der Waals surface area contributed by atoms with Crippen molar-refractivity contribution in [2.75, 3.05) is 119 Å². The number of nitrogens with zero attached hydrogens (tertiary/aromatic N) is 6. The maximum absolute atomic E-state index is 15.5. The lowest BCUT2D eigenvalue weighted by Crippen LogP contribution is -2.85. The second kappa shape index (κ2) is 29.3. The number of H-pyrrole nitrogens is 2. The number of benzene rings is 4. The van der Waals surface area contributed by atoms with Gasteiger partial charge >= 0.3 is 35.8 Å². The van der Waals surface area contributed by atoms with Crippen LogP contribution in [0.1, 0.15) is 170 Å². The molecule has 12 aliphatic rings. The molecule has 123 heavy (non-hydrogen) atoms. The summed E-state index contributed by atoms with van der Waals surface area (Å²) in [5.74, 6) is -11.9. The van der Waals surface area contributed by atoms with Crippen LogP contribution >= 0.6 is 0 Å². The first kappa shape index (κ1) is 86.1. The summed E-state index contributed by atoms with van der Waals surface area (Å²) in [6, 6.07) is 18.1. The van der Waals surface area contributed by atoms with E-state index in [1.54, 1.807) is 14.2 Å². The van der Waals surface area contributed by atoms with Gasteiger partial charge in [-0.15, -0.1) is 0 Å². The fourth-order valence-electron chi connectivity index (χ4n) is 28.1. The van der Waals surface area contributed by atoms with Gasteiger partial charge in [0.2, 0.25) is 23.0 Å². The van der Waals surface area contributed by atoms with Crippen LogP contribution in [0.3, 0.4) is 0 Å². The number of anilines is 2. The highest BCUT2D eigenvalue weighted by atomic mass is 19.3. The van der Waals surface area contributed by atoms with Crippen LogP contribution < -0.4 is 19.3 Å². The second-order valence-electron chi connectivity index (χ2n) is 38.2. The standard InChI is InChI=1S/C48H60F2N4O8.C47H58F2N4O8/c1-10-28-13-14-35-31(20-28)32-26-53-24-29(19-30(25-53)43(4,49)50)23-46(38(32)51-35,41(56)60-8)34-21-33-36(22-37(34)59-7)52(6)39-47(33)16-18-54-17-12-15-45(11-2,44(47,54)5)40(62-27(3)55)48(39,58)42(57)61-9;1-10-44-14-11-16-53-17-15-46(43(44,53)5)32-20-33(36(58-7)21-35(32)51(6)38(46)47(57,41(56)60-9)39(44)61-27(3)54)45(40(55)59-8)22-28-19-29(42(4,48)49)24-52(23-28)25-31-30-18-26(2)12-13-34(30)50-37(31)45/h12-15,20-22,29-30,39-40,51,58H,10-11,16-19,23-26H2,1-9H3;11-14,18,20-21,28-29,38-39,50,57H,10,15-17,19,22-25H2,1-9H3/t29-,30?,39-,40-,44+,45+,46+,47+,48+;28-,29?,38-,39-,43+,44+,45+,46+,47+/m11/s1. The van der Waals surface area contributed by atoms with E-state index in [1.807, 2.05) is 111 Å². The van der Waals surface area contributed by atoms with Crippen molar-refractivity contribution in [3.63, 3.8) is 0 Å². The number of aromatic nitrogens is 2. The molecule has 20 atom stereocenters. The predicted octanol–water partition coefficient (Wildman–Crippen LogP) is 11.8. The van der Waals surface area contributed by atoms with Crippen molar-refractivity contribution in [3.05, 3.63) is 141 Å². The fraction of sp³-hybridized carbons (Fsp3) is 0.600. The number of hydrogen-bond donors (Lipinski definition) is 4. The van der Waals surface area contributed by atoms with Gasteiger partial charge in [-0.3, -0.25) is 38.8 Å². The smallest absolute Gasteiger partial charge is 0.344 e. The van der Waals surface area contributed by atoms with Crippen molar-refractivity contribution in [3.8, 4) is 11.5 Å². The minimum atomic E-state index is -2.95. The summed E-state index contributed by atoms with van der Waals surface area (Å²) in [7, 11) is 11.9. The molecule has 2 saturated carbocycles. The number of halogens is 4. The van der Waals surface area contributed by atoms with Crippen LogP contribution in [0.15, 0.2) is 85.0 Å². The molecule has 6 aromatic rings. The minimum absolute atomic E-state index is 0.147. The lowest BCUT2D eigenvalue weighted by atomic mass is 9.41. The number of nitrogens with one attached hydrogen (secondary N) is 2. The third-order valence-corrected chi connectivity index (χ3v) is 33.1. The van der Waals surface area contributed by atoms with E-state index in [-0.39, 0.29) is 50.6 Å². The van der Waals surface area contributed by atoms with Crippen molar-refractivity contribution in [1.82, 2.24) is 29.6 Å². The van der Waals surface area contributed by atoms with Crippen LogP contribution in [0.5, 0.6) is 11.5 Å². The van der Waals surface area contributed by atoms with Gasteiger partial charge < -0.3 is 67.9 Å². The Balaban J connectivity index is 0.000000175. The Hall–Kier alpha value is -9.06. The summed E-state index contributed by atoms with van der Waals surface area (Å²) in [6.07, 6.45) is 8.72. The van der Waals surface area contributed by atoms with Crippen LogP contribution in [0.2, 0.25) is 0 Å². The lowest BCUT2D eigenvalue weighted by Gasteiger charge is -2.69. The normalized spacial score (nSPS) is 36.1. The Morgan fingerprint density at radius 3 is 1.30 bits per heavy atom. The number of aryl methyl sites for hydroxylation is 2. The van der Waals surface area contributed by atoms with Gasteiger partial charge in [-0.05, 0) is 168 Å². The van der Waals surface area contributed by atoms with E-state index >= 15 is 27.2 Å². The molecule has 12 heterocycles. The molecule has 0 radical (unpaired) electrons. The van der Waals surface area contributed by atoms with Crippen LogP contribution in [0.4, 0.5) is 28.9 Å². The van der Waals surface area contributed by atoms with Crippen LogP contribution in [-0.4, -0.2) is 243 Å². The third kappa shape index (κ3) is 11.2. The molecule has 2 spiro atoms. The molecular formula is C95H118F4N8O16. The Bertz CT molecular complexity index is 5430.